The first-order valence-electron chi connectivity index (χ1n) is 8.64. The largest absolute Gasteiger partial charge is 0.493 e. The van der Waals surface area contributed by atoms with Gasteiger partial charge in [-0.1, -0.05) is 12.1 Å². The number of benzene rings is 2. The maximum Gasteiger partial charge on any atom is 0.275 e. The smallest absolute Gasteiger partial charge is 0.275 e. The predicted octanol–water partition coefficient (Wildman–Crippen LogP) is 1.56. The van der Waals surface area contributed by atoms with Gasteiger partial charge in [0, 0.05) is 12.1 Å². The molecule has 0 aliphatic rings. The lowest BCUT2D eigenvalue weighted by molar-refractivity contribution is -0.885. The van der Waals surface area contributed by atoms with Crippen molar-refractivity contribution in [1.29, 1.82) is 0 Å². The van der Waals surface area contributed by atoms with Crippen LogP contribution in [-0.4, -0.2) is 33.2 Å². The van der Waals surface area contributed by atoms with Gasteiger partial charge in [-0.3, -0.25) is 4.79 Å². The molecule has 140 valence electrons. The maximum atomic E-state index is 12.9. The molecule has 5 nitrogen and oxygen atoms in total. The highest BCUT2D eigenvalue weighted by atomic mass is 19.1. The van der Waals surface area contributed by atoms with Crippen LogP contribution in [0.3, 0.4) is 0 Å². The third kappa shape index (κ3) is 6.04. The standard InChI is InChI=1S/C20H25FN2O3/c1-4-26-18-10-7-16(11-19(18)25-3)13-23(2)14-20(24)22-12-15-5-8-17(21)9-6-15/h5-11H,4,12-14H2,1-3H3,(H,22,24)/p+1. The van der Waals surface area contributed by atoms with E-state index in [2.05, 4.69) is 5.32 Å². The Morgan fingerprint density at radius 3 is 2.46 bits per heavy atom. The summed E-state index contributed by atoms with van der Waals surface area (Å²) in [7, 11) is 3.57. The van der Waals surface area contributed by atoms with E-state index in [1.54, 1.807) is 19.2 Å². The Morgan fingerprint density at radius 1 is 1.12 bits per heavy atom. The highest BCUT2D eigenvalue weighted by Crippen LogP contribution is 2.27. The first-order chi connectivity index (χ1) is 12.5. The van der Waals surface area contributed by atoms with Crippen LogP contribution in [0.5, 0.6) is 11.5 Å². The highest BCUT2D eigenvalue weighted by molar-refractivity contribution is 5.76. The number of methoxy groups -OCH3 is 1. The molecule has 0 radical (unpaired) electrons. The Balaban J connectivity index is 1.84. The molecule has 0 heterocycles. The van der Waals surface area contributed by atoms with Crippen LogP contribution in [0, 0.1) is 5.82 Å². The van der Waals surface area contributed by atoms with Crippen molar-refractivity contribution in [3.8, 4) is 11.5 Å². The normalized spacial score (nSPS) is 11.7. The molecular formula is C20H26FN2O3+. The number of carbonyl (C=O) groups excluding carboxylic acids is 1. The summed E-state index contributed by atoms with van der Waals surface area (Å²) in [5.41, 5.74) is 1.93. The molecule has 6 heteroatoms. The number of hydrogen-bond acceptors (Lipinski definition) is 3. The van der Waals surface area contributed by atoms with Crippen molar-refractivity contribution < 1.29 is 23.6 Å². The van der Waals surface area contributed by atoms with Gasteiger partial charge in [0.15, 0.2) is 18.0 Å². The van der Waals surface area contributed by atoms with E-state index in [0.717, 1.165) is 16.0 Å². The average Bonchev–Trinajstić information content (AvgIpc) is 2.62. The van der Waals surface area contributed by atoms with Crippen molar-refractivity contribution in [2.24, 2.45) is 0 Å². The van der Waals surface area contributed by atoms with Crippen LogP contribution in [-0.2, 0) is 17.9 Å². The zero-order valence-corrected chi connectivity index (χ0v) is 15.5. The van der Waals surface area contributed by atoms with Crippen LogP contribution in [0.25, 0.3) is 0 Å². The van der Waals surface area contributed by atoms with E-state index in [1.165, 1.54) is 12.1 Å². The van der Waals surface area contributed by atoms with E-state index < -0.39 is 0 Å². The molecule has 0 saturated heterocycles. The van der Waals surface area contributed by atoms with Crippen molar-refractivity contribution in [1.82, 2.24) is 5.32 Å². The summed E-state index contributed by atoms with van der Waals surface area (Å²) in [5, 5.41) is 2.86. The fourth-order valence-corrected chi connectivity index (χ4v) is 2.65. The molecule has 0 saturated carbocycles. The lowest BCUT2D eigenvalue weighted by Crippen LogP contribution is -3.08. The molecule has 0 aliphatic carbocycles. The first kappa shape index (κ1) is 19.7. The van der Waals surface area contributed by atoms with Crippen molar-refractivity contribution in [2.45, 2.75) is 20.0 Å². The van der Waals surface area contributed by atoms with E-state index in [9.17, 15) is 9.18 Å². The highest BCUT2D eigenvalue weighted by Gasteiger charge is 2.12. The van der Waals surface area contributed by atoms with Crippen molar-refractivity contribution in [2.75, 3.05) is 27.3 Å². The molecule has 0 spiro atoms. The Bertz CT molecular complexity index is 719. The minimum absolute atomic E-state index is 0.0512. The van der Waals surface area contributed by atoms with Gasteiger partial charge >= 0.3 is 0 Å². The lowest BCUT2D eigenvalue weighted by Gasteiger charge is -2.15. The van der Waals surface area contributed by atoms with Crippen LogP contribution in [0.4, 0.5) is 4.39 Å². The topological polar surface area (TPSA) is 52.0 Å². The molecule has 2 aromatic carbocycles. The SMILES string of the molecule is CCOc1ccc(C[NH+](C)CC(=O)NCc2ccc(F)cc2)cc1OC. The number of nitrogens with one attached hydrogen (secondary N) is 2. The Hall–Kier alpha value is -2.60. The summed E-state index contributed by atoms with van der Waals surface area (Å²) in [6.45, 7) is 3.93. The monoisotopic (exact) mass is 361 g/mol. The summed E-state index contributed by atoms with van der Waals surface area (Å²) in [6, 6.07) is 11.9. The van der Waals surface area contributed by atoms with Gasteiger partial charge < -0.3 is 19.7 Å². The quantitative estimate of drug-likeness (QED) is 0.713. The third-order valence-corrected chi connectivity index (χ3v) is 3.90. The Kier molecular flexibility index (Phi) is 7.41. The molecule has 1 unspecified atom stereocenters. The van der Waals surface area contributed by atoms with Crippen LogP contribution in [0.2, 0.25) is 0 Å². The minimum atomic E-state index is -0.282. The first-order valence-corrected chi connectivity index (χ1v) is 8.64. The predicted molar refractivity (Wildman–Crippen MR) is 97.9 cm³/mol. The zero-order valence-electron chi connectivity index (χ0n) is 15.5. The third-order valence-electron chi connectivity index (χ3n) is 3.90. The summed E-state index contributed by atoms with van der Waals surface area (Å²) < 4.78 is 23.8. The Morgan fingerprint density at radius 2 is 1.81 bits per heavy atom. The van der Waals surface area contributed by atoms with E-state index in [1.807, 2.05) is 32.2 Å². The number of rotatable bonds is 9. The lowest BCUT2D eigenvalue weighted by atomic mass is 10.2. The van der Waals surface area contributed by atoms with Gasteiger partial charge in [-0.15, -0.1) is 0 Å². The minimum Gasteiger partial charge on any atom is -0.493 e. The number of halogens is 1. The van der Waals surface area contributed by atoms with Gasteiger partial charge in [0.2, 0.25) is 0 Å². The molecule has 2 aromatic rings. The molecule has 0 aliphatic heterocycles. The van der Waals surface area contributed by atoms with Gasteiger partial charge in [0.25, 0.3) is 5.91 Å². The van der Waals surface area contributed by atoms with Crippen LogP contribution in [0.1, 0.15) is 18.1 Å². The van der Waals surface area contributed by atoms with Crippen LogP contribution >= 0.6 is 0 Å². The number of carbonyl (C=O) groups is 1. The van der Waals surface area contributed by atoms with E-state index in [-0.39, 0.29) is 11.7 Å². The van der Waals surface area contributed by atoms with E-state index in [0.29, 0.717) is 37.7 Å². The molecule has 2 rings (SSSR count). The molecule has 1 atom stereocenters. The summed E-state index contributed by atoms with van der Waals surface area (Å²) in [4.78, 5) is 13.1. The van der Waals surface area contributed by atoms with Gasteiger partial charge in [-0.25, -0.2) is 4.39 Å². The summed E-state index contributed by atoms with van der Waals surface area (Å²) in [6.07, 6.45) is 0. The fraction of sp³-hybridized carbons (Fsp3) is 0.350. The van der Waals surface area contributed by atoms with Crippen molar-refractivity contribution in [3.63, 3.8) is 0 Å². The second-order valence-electron chi connectivity index (χ2n) is 6.13. The second kappa shape index (κ2) is 9.77. The molecule has 0 bridgehead atoms. The number of amides is 1. The zero-order chi connectivity index (χ0) is 18.9. The second-order valence-corrected chi connectivity index (χ2v) is 6.13. The molecule has 0 aromatic heterocycles. The van der Waals surface area contributed by atoms with Crippen molar-refractivity contribution >= 4 is 5.91 Å². The fourth-order valence-electron chi connectivity index (χ4n) is 2.65. The number of quaternary nitrogens is 1. The van der Waals surface area contributed by atoms with E-state index in [4.69, 9.17) is 9.47 Å². The molecule has 0 fully saturated rings. The van der Waals surface area contributed by atoms with Gasteiger partial charge in [0.05, 0.1) is 20.8 Å². The molecular weight excluding hydrogens is 335 g/mol. The number of hydrogen-bond donors (Lipinski definition) is 2. The molecule has 2 N–H and O–H groups in total. The molecule has 1 amide bonds. The van der Waals surface area contributed by atoms with Gasteiger partial charge in [0.1, 0.15) is 12.4 Å². The average molecular weight is 361 g/mol. The van der Waals surface area contributed by atoms with Crippen LogP contribution < -0.4 is 19.7 Å². The Labute approximate surface area is 153 Å². The summed E-state index contributed by atoms with van der Waals surface area (Å²) in [5.74, 6) is 1.08. The summed E-state index contributed by atoms with van der Waals surface area (Å²) >= 11 is 0. The van der Waals surface area contributed by atoms with Gasteiger partial charge in [-0.2, -0.15) is 0 Å². The number of likely N-dealkylation sites (N-methyl/N-ethyl adjacent to an activating group) is 1. The molecule has 26 heavy (non-hydrogen) atoms. The van der Waals surface area contributed by atoms with Crippen molar-refractivity contribution in [3.05, 3.63) is 59.4 Å². The van der Waals surface area contributed by atoms with Gasteiger partial charge in [-0.05, 0) is 42.8 Å². The number of ether oxygens (including phenoxy) is 2. The van der Waals surface area contributed by atoms with E-state index >= 15 is 0 Å². The maximum absolute atomic E-state index is 12.9. The van der Waals surface area contributed by atoms with Crippen LogP contribution in [0.15, 0.2) is 42.5 Å².